The Morgan fingerprint density at radius 1 is 1.18 bits per heavy atom. The second-order valence-electron chi connectivity index (χ2n) is 5.20. The maximum absolute atomic E-state index is 13.4. The summed E-state index contributed by atoms with van der Waals surface area (Å²) in [6, 6.07) is 13.7. The Kier molecular flexibility index (Phi) is 5.53. The topological polar surface area (TPSA) is 38.3 Å². The lowest BCUT2D eigenvalue weighted by atomic mass is 9.99. The van der Waals surface area contributed by atoms with Crippen molar-refractivity contribution in [3.8, 4) is 5.75 Å². The van der Waals surface area contributed by atoms with E-state index in [4.69, 9.17) is 4.74 Å². The van der Waals surface area contributed by atoms with Crippen LogP contribution in [0.2, 0.25) is 0 Å². The van der Waals surface area contributed by atoms with Crippen molar-refractivity contribution in [1.29, 1.82) is 0 Å². The zero-order valence-electron chi connectivity index (χ0n) is 12.8. The Labute approximate surface area is 130 Å². The first-order valence-corrected chi connectivity index (χ1v) is 7.37. The quantitative estimate of drug-likeness (QED) is 0.861. The highest BCUT2D eigenvalue weighted by Crippen LogP contribution is 2.21. The molecular formula is C18H20FNO2. The SMILES string of the molecule is CC[C@H](C)c1ccc(OCC(=O)Nc2ccccc2F)cc1. The molecule has 1 amide bonds. The van der Waals surface area contributed by atoms with E-state index in [1.54, 1.807) is 12.1 Å². The predicted octanol–water partition coefficient (Wildman–Crippen LogP) is 4.36. The standard InChI is InChI=1S/C18H20FNO2/c1-3-13(2)14-8-10-15(11-9-14)22-12-18(21)20-17-7-5-4-6-16(17)19/h4-11,13H,3,12H2,1-2H3,(H,20,21)/t13-/m0/s1. The van der Waals surface area contributed by atoms with Crippen LogP contribution in [-0.2, 0) is 4.79 Å². The van der Waals surface area contributed by atoms with Crippen molar-refractivity contribution in [2.24, 2.45) is 0 Å². The van der Waals surface area contributed by atoms with Crippen LogP contribution in [-0.4, -0.2) is 12.5 Å². The van der Waals surface area contributed by atoms with Gasteiger partial charge in [0.2, 0.25) is 0 Å². The van der Waals surface area contributed by atoms with Gasteiger partial charge in [0.25, 0.3) is 5.91 Å². The third kappa shape index (κ3) is 4.32. The fraction of sp³-hybridized carbons (Fsp3) is 0.278. The molecule has 0 aliphatic rings. The largest absolute Gasteiger partial charge is 0.484 e. The zero-order valence-corrected chi connectivity index (χ0v) is 12.8. The molecule has 22 heavy (non-hydrogen) atoms. The van der Waals surface area contributed by atoms with Crippen LogP contribution in [0.15, 0.2) is 48.5 Å². The summed E-state index contributed by atoms with van der Waals surface area (Å²) in [5, 5.41) is 2.48. The Morgan fingerprint density at radius 3 is 2.50 bits per heavy atom. The molecule has 0 aliphatic heterocycles. The van der Waals surface area contributed by atoms with Gasteiger partial charge in [-0.25, -0.2) is 4.39 Å². The molecule has 0 spiro atoms. The van der Waals surface area contributed by atoms with Crippen molar-refractivity contribution in [2.75, 3.05) is 11.9 Å². The van der Waals surface area contributed by atoms with Gasteiger partial charge in [-0.15, -0.1) is 0 Å². The summed E-state index contributed by atoms with van der Waals surface area (Å²) < 4.78 is 18.8. The Hall–Kier alpha value is -2.36. The van der Waals surface area contributed by atoms with Crippen molar-refractivity contribution in [1.82, 2.24) is 0 Å². The molecule has 116 valence electrons. The normalized spacial score (nSPS) is 11.8. The number of benzene rings is 2. The molecule has 0 aliphatic carbocycles. The first kappa shape index (κ1) is 16.0. The Morgan fingerprint density at radius 2 is 1.86 bits per heavy atom. The molecule has 0 bridgehead atoms. The first-order chi connectivity index (χ1) is 10.6. The minimum absolute atomic E-state index is 0.156. The summed E-state index contributed by atoms with van der Waals surface area (Å²) in [4.78, 5) is 11.8. The molecule has 3 nitrogen and oxygen atoms in total. The van der Waals surface area contributed by atoms with E-state index in [-0.39, 0.29) is 12.3 Å². The summed E-state index contributed by atoms with van der Waals surface area (Å²) >= 11 is 0. The minimum atomic E-state index is -0.464. The van der Waals surface area contributed by atoms with Crippen molar-refractivity contribution in [2.45, 2.75) is 26.2 Å². The summed E-state index contributed by atoms with van der Waals surface area (Å²) in [5.74, 6) is 0.263. The number of nitrogens with one attached hydrogen (secondary N) is 1. The number of amides is 1. The lowest BCUT2D eigenvalue weighted by molar-refractivity contribution is -0.118. The summed E-state index contributed by atoms with van der Waals surface area (Å²) in [6.07, 6.45) is 1.07. The summed E-state index contributed by atoms with van der Waals surface area (Å²) in [7, 11) is 0. The molecule has 0 unspecified atom stereocenters. The van der Waals surface area contributed by atoms with Crippen LogP contribution < -0.4 is 10.1 Å². The van der Waals surface area contributed by atoms with Gasteiger partial charge in [-0.2, -0.15) is 0 Å². The molecule has 4 heteroatoms. The third-order valence-electron chi connectivity index (χ3n) is 3.58. The molecule has 2 rings (SSSR count). The number of rotatable bonds is 6. The maximum atomic E-state index is 13.4. The van der Waals surface area contributed by atoms with Crippen LogP contribution in [0.4, 0.5) is 10.1 Å². The molecule has 1 N–H and O–H groups in total. The molecule has 0 radical (unpaired) electrons. The number of ether oxygens (including phenoxy) is 1. The third-order valence-corrected chi connectivity index (χ3v) is 3.58. The fourth-order valence-corrected chi connectivity index (χ4v) is 2.03. The van der Waals surface area contributed by atoms with Gasteiger partial charge in [-0.3, -0.25) is 4.79 Å². The number of carbonyl (C=O) groups is 1. The molecule has 2 aromatic rings. The molecule has 2 aromatic carbocycles. The zero-order chi connectivity index (χ0) is 15.9. The summed E-state index contributed by atoms with van der Waals surface area (Å²) in [6.45, 7) is 4.15. The number of carbonyl (C=O) groups excluding carboxylic acids is 1. The molecule has 0 saturated heterocycles. The van der Waals surface area contributed by atoms with E-state index in [1.165, 1.54) is 17.7 Å². The molecular weight excluding hydrogens is 281 g/mol. The fourth-order valence-electron chi connectivity index (χ4n) is 2.03. The second-order valence-corrected chi connectivity index (χ2v) is 5.20. The van der Waals surface area contributed by atoms with E-state index < -0.39 is 11.7 Å². The van der Waals surface area contributed by atoms with Gasteiger partial charge in [-0.05, 0) is 42.2 Å². The highest BCUT2D eigenvalue weighted by atomic mass is 19.1. The average Bonchev–Trinajstić information content (AvgIpc) is 2.55. The van der Waals surface area contributed by atoms with Gasteiger partial charge in [0, 0.05) is 0 Å². The van der Waals surface area contributed by atoms with Gasteiger partial charge in [0.1, 0.15) is 11.6 Å². The number of hydrogen-bond acceptors (Lipinski definition) is 2. The lowest BCUT2D eigenvalue weighted by Crippen LogP contribution is -2.20. The lowest BCUT2D eigenvalue weighted by Gasteiger charge is -2.11. The molecule has 0 aromatic heterocycles. The molecule has 0 fully saturated rings. The monoisotopic (exact) mass is 301 g/mol. The van der Waals surface area contributed by atoms with Crippen LogP contribution in [0, 0.1) is 5.82 Å². The number of hydrogen-bond donors (Lipinski definition) is 1. The van der Waals surface area contributed by atoms with E-state index in [1.807, 2.05) is 24.3 Å². The van der Waals surface area contributed by atoms with Crippen molar-refractivity contribution in [3.63, 3.8) is 0 Å². The minimum Gasteiger partial charge on any atom is -0.484 e. The van der Waals surface area contributed by atoms with Crippen LogP contribution in [0.25, 0.3) is 0 Å². The van der Waals surface area contributed by atoms with E-state index in [2.05, 4.69) is 19.2 Å². The summed E-state index contributed by atoms with van der Waals surface area (Å²) in [5.41, 5.74) is 1.40. The molecule has 0 saturated carbocycles. The Balaban J connectivity index is 1.87. The molecule has 0 heterocycles. The smallest absolute Gasteiger partial charge is 0.262 e. The van der Waals surface area contributed by atoms with E-state index in [9.17, 15) is 9.18 Å². The predicted molar refractivity (Wildman–Crippen MR) is 85.7 cm³/mol. The maximum Gasteiger partial charge on any atom is 0.262 e. The molecule has 1 atom stereocenters. The Bertz CT molecular complexity index is 625. The van der Waals surface area contributed by atoms with Gasteiger partial charge in [-0.1, -0.05) is 38.1 Å². The van der Waals surface area contributed by atoms with Gasteiger partial charge in [0.05, 0.1) is 5.69 Å². The van der Waals surface area contributed by atoms with Crippen molar-refractivity contribution in [3.05, 3.63) is 59.9 Å². The number of anilines is 1. The van der Waals surface area contributed by atoms with E-state index in [0.29, 0.717) is 11.7 Å². The van der Waals surface area contributed by atoms with E-state index in [0.717, 1.165) is 6.42 Å². The second kappa shape index (κ2) is 7.59. The van der Waals surface area contributed by atoms with E-state index >= 15 is 0 Å². The van der Waals surface area contributed by atoms with Crippen molar-refractivity contribution < 1.29 is 13.9 Å². The highest BCUT2D eigenvalue weighted by molar-refractivity contribution is 5.91. The van der Waals surface area contributed by atoms with Gasteiger partial charge < -0.3 is 10.1 Å². The number of halogens is 1. The van der Waals surface area contributed by atoms with Gasteiger partial charge in [0.15, 0.2) is 6.61 Å². The van der Waals surface area contributed by atoms with Crippen molar-refractivity contribution >= 4 is 11.6 Å². The van der Waals surface area contributed by atoms with Crippen LogP contribution in [0.5, 0.6) is 5.75 Å². The van der Waals surface area contributed by atoms with Crippen LogP contribution >= 0.6 is 0 Å². The van der Waals surface area contributed by atoms with Crippen LogP contribution in [0.3, 0.4) is 0 Å². The average molecular weight is 301 g/mol. The first-order valence-electron chi connectivity index (χ1n) is 7.37. The number of para-hydroxylation sites is 1. The van der Waals surface area contributed by atoms with Crippen LogP contribution in [0.1, 0.15) is 31.7 Å². The van der Waals surface area contributed by atoms with Gasteiger partial charge >= 0.3 is 0 Å². The highest BCUT2D eigenvalue weighted by Gasteiger charge is 2.08.